The van der Waals surface area contributed by atoms with Crippen LogP contribution >= 0.6 is 0 Å². The molecule has 8 nitrogen and oxygen atoms in total. The molecule has 0 radical (unpaired) electrons. The summed E-state index contributed by atoms with van der Waals surface area (Å²) in [6, 6.07) is 0.321. The number of unbranched alkanes of at least 4 members (excludes halogenated alkanes) is 9. The summed E-state index contributed by atoms with van der Waals surface area (Å²) >= 11 is 0. The van der Waals surface area contributed by atoms with Gasteiger partial charge in [0.05, 0.1) is 13.2 Å². The van der Waals surface area contributed by atoms with Crippen molar-refractivity contribution >= 4 is 11.9 Å². The van der Waals surface area contributed by atoms with E-state index in [-0.39, 0.29) is 24.0 Å². The number of esters is 2. The van der Waals surface area contributed by atoms with Crippen molar-refractivity contribution in [1.82, 2.24) is 0 Å². The van der Waals surface area contributed by atoms with Crippen molar-refractivity contribution in [2.45, 2.75) is 141 Å². The van der Waals surface area contributed by atoms with Crippen LogP contribution in [0.1, 0.15) is 128 Å². The van der Waals surface area contributed by atoms with Gasteiger partial charge in [-0.25, -0.2) is 0 Å². The molecule has 0 saturated heterocycles. The van der Waals surface area contributed by atoms with Crippen LogP contribution in [0.25, 0.3) is 0 Å². The molecule has 0 rings (SSSR count). The fourth-order valence-electron chi connectivity index (χ4n) is 4.21. The average Bonchev–Trinajstić information content (AvgIpc) is 2.87. The van der Waals surface area contributed by atoms with Crippen LogP contribution in [0.4, 0.5) is 0 Å². The lowest BCUT2D eigenvalue weighted by Gasteiger charge is -2.10. The van der Waals surface area contributed by atoms with Crippen LogP contribution in [0.15, 0.2) is 0 Å². The van der Waals surface area contributed by atoms with Crippen LogP contribution in [0.2, 0.25) is 0 Å². The number of rotatable bonds is 27. The van der Waals surface area contributed by atoms with Gasteiger partial charge in [0.1, 0.15) is 0 Å². The Morgan fingerprint density at radius 1 is 0.472 bits per heavy atom. The van der Waals surface area contributed by atoms with Crippen molar-refractivity contribution in [2.75, 3.05) is 26.3 Å². The number of ether oxygens (including phenoxy) is 2. The highest BCUT2D eigenvalue weighted by molar-refractivity contribution is 5.69. The number of carbonyl (C=O) groups excluding carboxylic acids is 2. The fraction of sp³-hybridized carbons (Fsp3) is 0.929. The minimum atomic E-state index is -0.0862. The summed E-state index contributed by atoms with van der Waals surface area (Å²) in [7, 11) is 0. The number of nitrogens with two attached hydrogens (primary N) is 4. The molecule has 0 bridgehead atoms. The van der Waals surface area contributed by atoms with E-state index < -0.39 is 0 Å². The first-order chi connectivity index (χ1) is 17.5. The zero-order chi connectivity index (χ0) is 26.7. The van der Waals surface area contributed by atoms with Crippen molar-refractivity contribution in [3.05, 3.63) is 0 Å². The Balaban J connectivity index is 3.32. The average molecular weight is 515 g/mol. The van der Waals surface area contributed by atoms with Crippen LogP contribution in [0, 0.1) is 0 Å². The van der Waals surface area contributed by atoms with Gasteiger partial charge in [0, 0.05) is 24.9 Å². The molecule has 0 aromatic carbocycles. The third kappa shape index (κ3) is 25.9. The van der Waals surface area contributed by atoms with Gasteiger partial charge in [0.2, 0.25) is 0 Å². The Labute approximate surface area is 221 Å². The molecule has 2 atom stereocenters. The Hall–Kier alpha value is -1.22. The van der Waals surface area contributed by atoms with E-state index >= 15 is 0 Å². The molecular formula is C28H58N4O4. The Kier molecular flexibility index (Phi) is 25.9. The molecule has 8 N–H and O–H groups in total. The molecule has 0 aliphatic carbocycles. The van der Waals surface area contributed by atoms with E-state index in [2.05, 4.69) is 0 Å². The highest BCUT2D eigenvalue weighted by atomic mass is 16.5. The van der Waals surface area contributed by atoms with Crippen molar-refractivity contribution in [1.29, 1.82) is 0 Å². The van der Waals surface area contributed by atoms with Crippen LogP contribution in [-0.2, 0) is 19.1 Å². The smallest absolute Gasteiger partial charge is 0.305 e. The van der Waals surface area contributed by atoms with E-state index in [1.54, 1.807) is 0 Å². The van der Waals surface area contributed by atoms with E-state index in [0.29, 0.717) is 39.1 Å². The van der Waals surface area contributed by atoms with Gasteiger partial charge in [-0.05, 0) is 77.3 Å². The summed E-state index contributed by atoms with van der Waals surface area (Å²) in [6.07, 6.45) is 19.5. The highest BCUT2D eigenvalue weighted by Crippen LogP contribution is 2.13. The lowest BCUT2D eigenvalue weighted by molar-refractivity contribution is -0.144. The number of hydrogen-bond donors (Lipinski definition) is 4. The van der Waals surface area contributed by atoms with Crippen molar-refractivity contribution < 1.29 is 19.1 Å². The molecular weight excluding hydrogens is 456 g/mol. The van der Waals surface area contributed by atoms with Gasteiger partial charge in [-0.3, -0.25) is 9.59 Å². The molecule has 0 amide bonds. The largest absolute Gasteiger partial charge is 0.466 e. The Bertz CT molecular complexity index is 464. The first-order valence-corrected chi connectivity index (χ1v) is 14.7. The first kappa shape index (κ1) is 34.8. The quantitative estimate of drug-likeness (QED) is 0.0925. The number of hydrogen-bond acceptors (Lipinski definition) is 8. The third-order valence-electron chi connectivity index (χ3n) is 6.53. The Morgan fingerprint density at radius 3 is 1.11 bits per heavy atom. The maximum Gasteiger partial charge on any atom is 0.305 e. The molecule has 0 fully saturated rings. The van der Waals surface area contributed by atoms with Crippen molar-refractivity contribution in [3.8, 4) is 0 Å². The standard InChI is InChI=1S/C28H58N4O4/c29-21-11-15-25(31)17-13-23-35-27(33)19-9-7-5-3-1-2-4-6-8-10-20-28(34)36-24-14-18-26(32)16-12-22-30/h25-26H,1-24,29-32H2. The zero-order valence-electron chi connectivity index (χ0n) is 23.1. The minimum Gasteiger partial charge on any atom is -0.466 e. The van der Waals surface area contributed by atoms with Gasteiger partial charge in [-0.2, -0.15) is 0 Å². The molecule has 0 heterocycles. The van der Waals surface area contributed by atoms with Crippen LogP contribution in [-0.4, -0.2) is 50.3 Å². The summed E-state index contributed by atoms with van der Waals surface area (Å²) in [5.41, 5.74) is 22.9. The van der Waals surface area contributed by atoms with E-state index in [9.17, 15) is 9.59 Å². The normalized spacial score (nSPS) is 12.9. The predicted octanol–water partition coefficient (Wildman–Crippen LogP) is 4.45. The molecule has 0 aliphatic rings. The third-order valence-corrected chi connectivity index (χ3v) is 6.53. The molecule has 0 aliphatic heterocycles. The molecule has 8 heteroatoms. The van der Waals surface area contributed by atoms with Crippen LogP contribution < -0.4 is 22.9 Å². The summed E-state index contributed by atoms with van der Waals surface area (Å²) in [5, 5.41) is 0. The number of carbonyl (C=O) groups is 2. The molecule has 2 unspecified atom stereocenters. The molecule has 0 aromatic heterocycles. The fourth-order valence-corrected chi connectivity index (χ4v) is 4.21. The van der Waals surface area contributed by atoms with Gasteiger partial charge in [-0.15, -0.1) is 0 Å². The molecule has 0 aromatic rings. The second kappa shape index (κ2) is 26.8. The van der Waals surface area contributed by atoms with E-state index in [4.69, 9.17) is 32.4 Å². The van der Waals surface area contributed by atoms with Gasteiger partial charge in [0.15, 0.2) is 0 Å². The second-order valence-corrected chi connectivity index (χ2v) is 10.1. The van der Waals surface area contributed by atoms with Crippen molar-refractivity contribution in [3.63, 3.8) is 0 Å². The molecule has 214 valence electrons. The van der Waals surface area contributed by atoms with E-state index in [0.717, 1.165) is 77.0 Å². The first-order valence-electron chi connectivity index (χ1n) is 14.7. The monoisotopic (exact) mass is 514 g/mol. The second-order valence-electron chi connectivity index (χ2n) is 10.1. The Morgan fingerprint density at radius 2 is 0.778 bits per heavy atom. The lowest BCUT2D eigenvalue weighted by atomic mass is 10.1. The summed E-state index contributed by atoms with van der Waals surface area (Å²) < 4.78 is 10.6. The summed E-state index contributed by atoms with van der Waals surface area (Å²) in [5.74, 6) is -0.172. The van der Waals surface area contributed by atoms with Gasteiger partial charge >= 0.3 is 11.9 Å². The van der Waals surface area contributed by atoms with Gasteiger partial charge in [-0.1, -0.05) is 51.4 Å². The van der Waals surface area contributed by atoms with E-state index in [1.807, 2.05) is 0 Å². The molecule has 0 saturated carbocycles. The van der Waals surface area contributed by atoms with Crippen LogP contribution in [0.5, 0.6) is 0 Å². The summed E-state index contributed by atoms with van der Waals surface area (Å²) in [4.78, 5) is 23.6. The maximum absolute atomic E-state index is 11.8. The molecule has 0 spiro atoms. The summed E-state index contributed by atoms with van der Waals surface area (Å²) in [6.45, 7) is 2.30. The highest BCUT2D eigenvalue weighted by Gasteiger charge is 2.06. The SMILES string of the molecule is NCCCC(N)CCCOC(=O)CCCCCCCCCCCCC(=O)OCCCC(N)CCCN. The van der Waals surface area contributed by atoms with E-state index in [1.165, 1.54) is 38.5 Å². The zero-order valence-corrected chi connectivity index (χ0v) is 23.1. The molecule has 36 heavy (non-hydrogen) atoms. The van der Waals surface area contributed by atoms with Crippen LogP contribution in [0.3, 0.4) is 0 Å². The minimum absolute atomic E-state index is 0.0862. The van der Waals surface area contributed by atoms with Gasteiger partial charge in [0.25, 0.3) is 0 Å². The topological polar surface area (TPSA) is 157 Å². The van der Waals surface area contributed by atoms with Crippen molar-refractivity contribution in [2.24, 2.45) is 22.9 Å². The van der Waals surface area contributed by atoms with Gasteiger partial charge < -0.3 is 32.4 Å². The maximum atomic E-state index is 11.8. The predicted molar refractivity (Wildman–Crippen MR) is 148 cm³/mol. The lowest BCUT2D eigenvalue weighted by Crippen LogP contribution is -2.21.